The van der Waals surface area contributed by atoms with Gasteiger partial charge in [-0.05, 0) is 19.1 Å². The van der Waals surface area contributed by atoms with Crippen LogP contribution in [0.3, 0.4) is 0 Å². The minimum Gasteiger partial charge on any atom is -0.481 e. The number of ether oxygens (including phenoxy) is 1. The molecule has 2 rings (SSSR count). The molecule has 0 aromatic heterocycles. The second kappa shape index (κ2) is 5.87. The number of nitrogens with zero attached hydrogens (tertiary/aromatic N) is 2. The molecule has 1 saturated heterocycles. The molecule has 1 aromatic carbocycles. The first-order chi connectivity index (χ1) is 9.49. The summed E-state index contributed by atoms with van der Waals surface area (Å²) in [5.41, 5.74) is 0.860. The number of rotatable bonds is 4. The van der Waals surface area contributed by atoms with E-state index in [0.717, 1.165) is 5.69 Å². The number of nitro groups is 1. The topological polar surface area (TPSA) is 92.9 Å². The maximum Gasteiger partial charge on any atom is 0.308 e. The fourth-order valence-corrected chi connectivity index (χ4v) is 2.34. The number of hydrogen-bond donors (Lipinski definition) is 1. The molecule has 1 atom stereocenters. The van der Waals surface area contributed by atoms with Crippen molar-refractivity contribution in [2.45, 2.75) is 19.4 Å². The van der Waals surface area contributed by atoms with E-state index in [-0.39, 0.29) is 23.7 Å². The molecule has 108 valence electrons. The largest absolute Gasteiger partial charge is 0.481 e. The molecule has 0 saturated carbocycles. The number of carbonyl (C=O) groups is 1. The smallest absolute Gasteiger partial charge is 0.308 e. The Bertz CT molecular complexity index is 531. The second-order valence-electron chi connectivity index (χ2n) is 4.76. The summed E-state index contributed by atoms with van der Waals surface area (Å²) < 4.78 is 5.35. The average molecular weight is 280 g/mol. The van der Waals surface area contributed by atoms with Gasteiger partial charge in [0.15, 0.2) is 0 Å². The van der Waals surface area contributed by atoms with Crippen LogP contribution in [0, 0.1) is 10.1 Å². The number of nitro benzene ring substituents is 1. The quantitative estimate of drug-likeness (QED) is 0.662. The number of morpholine rings is 1. The van der Waals surface area contributed by atoms with Crippen LogP contribution in [-0.4, -0.2) is 41.8 Å². The van der Waals surface area contributed by atoms with Gasteiger partial charge in [-0.15, -0.1) is 0 Å². The van der Waals surface area contributed by atoms with Crippen LogP contribution in [0.5, 0.6) is 0 Å². The zero-order chi connectivity index (χ0) is 14.7. The van der Waals surface area contributed by atoms with Gasteiger partial charge in [-0.1, -0.05) is 0 Å². The molecule has 7 nitrogen and oxygen atoms in total. The standard InChI is InChI=1S/C13H16N2O5/c1-9-8-20-5-4-14(9)11-2-3-12(15(18)19)10(6-11)7-13(16)17/h2-3,6,9H,4-5,7-8H2,1H3,(H,16,17)/t9-/m1/s1. The van der Waals surface area contributed by atoms with Crippen molar-refractivity contribution in [2.24, 2.45) is 0 Å². The maximum absolute atomic E-state index is 10.9. The van der Waals surface area contributed by atoms with Gasteiger partial charge < -0.3 is 14.7 Å². The third-order valence-corrected chi connectivity index (χ3v) is 3.30. The number of carboxylic acids is 1. The molecule has 1 N–H and O–H groups in total. The Morgan fingerprint density at radius 3 is 2.95 bits per heavy atom. The number of aliphatic carboxylic acids is 1. The molecule has 0 aliphatic carbocycles. The minimum atomic E-state index is -1.08. The highest BCUT2D eigenvalue weighted by Gasteiger charge is 2.22. The highest BCUT2D eigenvalue weighted by Crippen LogP contribution is 2.27. The van der Waals surface area contributed by atoms with E-state index in [2.05, 4.69) is 4.90 Å². The summed E-state index contributed by atoms with van der Waals surface area (Å²) in [4.78, 5) is 23.3. The molecule has 0 spiro atoms. The lowest BCUT2D eigenvalue weighted by Crippen LogP contribution is -2.43. The van der Waals surface area contributed by atoms with Crippen molar-refractivity contribution in [3.05, 3.63) is 33.9 Å². The van der Waals surface area contributed by atoms with Crippen molar-refractivity contribution >= 4 is 17.3 Å². The number of benzene rings is 1. The van der Waals surface area contributed by atoms with Crippen LogP contribution in [0.2, 0.25) is 0 Å². The van der Waals surface area contributed by atoms with Crippen molar-refractivity contribution in [3.63, 3.8) is 0 Å². The van der Waals surface area contributed by atoms with Gasteiger partial charge in [0.2, 0.25) is 0 Å². The molecule has 1 aromatic rings. The second-order valence-corrected chi connectivity index (χ2v) is 4.76. The monoisotopic (exact) mass is 280 g/mol. The lowest BCUT2D eigenvalue weighted by atomic mass is 10.1. The van der Waals surface area contributed by atoms with Gasteiger partial charge in [0.1, 0.15) is 0 Å². The molecular weight excluding hydrogens is 264 g/mol. The molecular formula is C13H16N2O5. The van der Waals surface area contributed by atoms with Crippen molar-refractivity contribution in [1.29, 1.82) is 0 Å². The summed E-state index contributed by atoms with van der Waals surface area (Å²) >= 11 is 0. The van der Waals surface area contributed by atoms with Gasteiger partial charge in [-0.25, -0.2) is 0 Å². The van der Waals surface area contributed by atoms with E-state index in [1.54, 1.807) is 12.1 Å². The van der Waals surface area contributed by atoms with Crippen molar-refractivity contribution < 1.29 is 19.6 Å². The fourth-order valence-electron chi connectivity index (χ4n) is 2.34. The minimum absolute atomic E-state index is 0.155. The lowest BCUT2D eigenvalue weighted by Gasteiger charge is -2.35. The van der Waals surface area contributed by atoms with E-state index >= 15 is 0 Å². The zero-order valence-electron chi connectivity index (χ0n) is 11.1. The molecule has 1 fully saturated rings. The van der Waals surface area contributed by atoms with Gasteiger partial charge in [0, 0.05) is 29.9 Å². The number of carboxylic acid groups (broad SMARTS) is 1. The van der Waals surface area contributed by atoms with Crippen LogP contribution in [0.15, 0.2) is 18.2 Å². The summed E-state index contributed by atoms with van der Waals surface area (Å²) in [7, 11) is 0. The van der Waals surface area contributed by atoms with E-state index in [0.29, 0.717) is 19.8 Å². The average Bonchev–Trinajstić information content (AvgIpc) is 2.38. The first kappa shape index (κ1) is 14.3. The summed E-state index contributed by atoms with van der Waals surface area (Å²) in [5, 5.41) is 19.8. The summed E-state index contributed by atoms with van der Waals surface area (Å²) in [5.74, 6) is -1.08. The Morgan fingerprint density at radius 1 is 1.60 bits per heavy atom. The number of anilines is 1. The third-order valence-electron chi connectivity index (χ3n) is 3.30. The van der Waals surface area contributed by atoms with Crippen molar-refractivity contribution in [1.82, 2.24) is 0 Å². The predicted molar refractivity (Wildman–Crippen MR) is 72.1 cm³/mol. The van der Waals surface area contributed by atoms with E-state index in [1.165, 1.54) is 6.07 Å². The number of hydrogen-bond acceptors (Lipinski definition) is 5. The van der Waals surface area contributed by atoms with Crippen LogP contribution in [0.25, 0.3) is 0 Å². The molecule has 7 heteroatoms. The molecule has 1 heterocycles. The Hall–Kier alpha value is -2.15. The molecule has 0 radical (unpaired) electrons. The van der Waals surface area contributed by atoms with E-state index in [9.17, 15) is 14.9 Å². The lowest BCUT2D eigenvalue weighted by molar-refractivity contribution is -0.385. The molecule has 1 aliphatic rings. The van der Waals surface area contributed by atoms with Crippen LogP contribution in [0.4, 0.5) is 11.4 Å². The first-order valence-electron chi connectivity index (χ1n) is 6.32. The van der Waals surface area contributed by atoms with Gasteiger partial charge >= 0.3 is 5.97 Å². The van der Waals surface area contributed by atoms with Crippen molar-refractivity contribution in [2.75, 3.05) is 24.7 Å². The Morgan fingerprint density at radius 2 is 2.35 bits per heavy atom. The van der Waals surface area contributed by atoms with Crippen molar-refractivity contribution in [3.8, 4) is 0 Å². The fraction of sp³-hybridized carbons (Fsp3) is 0.462. The molecule has 0 bridgehead atoms. The van der Waals surface area contributed by atoms with Gasteiger partial charge in [-0.2, -0.15) is 0 Å². The first-order valence-corrected chi connectivity index (χ1v) is 6.32. The van der Waals surface area contributed by atoms with Gasteiger partial charge in [0.05, 0.1) is 24.6 Å². The predicted octanol–water partition coefficient (Wildman–Crippen LogP) is 1.45. The molecule has 0 amide bonds. The summed E-state index contributed by atoms with van der Waals surface area (Å²) in [6.07, 6.45) is -0.358. The highest BCUT2D eigenvalue weighted by molar-refractivity contribution is 5.73. The van der Waals surface area contributed by atoms with Gasteiger partial charge in [-0.3, -0.25) is 14.9 Å². The Labute approximate surface area is 115 Å². The normalized spacial score (nSPS) is 18.9. The third kappa shape index (κ3) is 3.05. The van der Waals surface area contributed by atoms with Gasteiger partial charge in [0.25, 0.3) is 5.69 Å². The Kier molecular flexibility index (Phi) is 4.19. The van der Waals surface area contributed by atoms with Crippen LogP contribution in [0.1, 0.15) is 12.5 Å². The zero-order valence-corrected chi connectivity index (χ0v) is 11.1. The van der Waals surface area contributed by atoms with Crippen LogP contribution < -0.4 is 4.90 Å². The van der Waals surface area contributed by atoms with Crippen LogP contribution in [-0.2, 0) is 16.0 Å². The van der Waals surface area contributed by atoms with Crippen LogP contribution >= 0.6 is 0 Å². The van der Waals surface area contributed by atoms with E-state index < -0.39 is 10.9 Å². The Balaban J connectivity index is 2.35. The molecule has 20 heavy (non-hydrogen) atoms. The highest BCUT2D eigenvalue weighted by atomic mass is 16.6. The summed E-state index contributed by atoms with van der Waals surface area (Å²) in [6.45, 7) is 3.86. The molecule has 1 aliphatic heterocycles. The SMILES string of the molecule is C[C@@H]1COCCN1c1ccc([N+](=O)[O-])c(CC(=O)O)c1. The van der Waals surface area contributed by atoms with E-state index in [4.69, 9.17) is 9.84 Å². The molecule has 0 unspecified atom stereocenters. The summed E-state index contributed by atoms with van der Waals surface area (Å²) in [6, 6.07) is 4.78. The van der Waals surface area contributed by atoms with E-state index in [1.807, 2.05) is 6.92 Å². The maximum atomic E-state index is 10.9.